The van der Waals surface area contributed by atoms with Crippen molar-refractivity contribution in [3.8, 4) is 0 Å². The number of nitro groups is 1. The molecule has 0 radical (unpaired) electrons. The summed E-state index contributed by atoms with van der Waals surface area (Å²) >= 11 is 7.14. The van der Waals surface area contributed by atoms with Crippen LogP contribution in [0.3, 0.4) is 0 Å². The fourth-order valence-electron chi connectivity index (χ4n) is 1.25. The number of nitrogens with zero attached hydrogens (tertiary/aromatic N) is 3. The Morgan fingerprint density at radius 2 is 2.31 bits per heavy atom. The van der Waals surface area contributed by atoms with E-state index in [-0.39, 0.29) is 10.8 Å². The van der Waals surface area contributed by atoms with E-state index in [0.29, 0.717) is 12.1 Å². The molecule has 0 fully saturated rings. The number of hydrogen-bond acceptors (Lipinski definition) is 5. The van der Waals surface area contributed by atoms with Gasteiger partial charge in [-0.2, -0.15) is 0 Å². The minimum Gasteiger partial charge on any atom is -0.258 e. The summed E-state index contributed by atoms with van der Waals surface area (Å²) in [5.41, 5.74) is 0.312. The second-order valence-corrected chi connectivity index (χ2v) is 4.33. The fraction of sp³-hybridized carbons (Fsp3) is 0.111. The van der Waals surface area contributed by atoms with Crippen molar-refractivity contribution in [2.75, 3.05) is 0 Å². The van der Waals surface area contributed by atoms with Crippen molar-refractivity contribution in [3.05, 3.63) is 49.7 Å². The van der Waals surface area contributed by atoms with Crippen LogP contribution in [0.1, 0.15) is 10.7 Å². The smallest absolute Gasteiger partial charge is 0.258 e. The van der Waals surface area contributed by atoms with Crippen LogP contribution in [0.4, 0.5) is 5.69 Å². The highest BCUT2D eigenvalue weighted by Crippen LogP contribution is 2.22. The molecule has 0 spiro atoms. The quantitative estimate of drug-likeness (QED) is 0.480. The highest BCUT2D eigenvalue weighted by Gasteiger charge is 2.16. The van der Waals surface area contributed by atoms with E-state index in [1.807, 2.05) is 5.38 Å². The van der Waals surface area contributed by atoms with E-state index in [9.17, 15) is 10.1 Å². The molecular weight excluding hydrogens is 250 g/mol. The molecule has 2 aromatic heterocycles. The van der Waals surface area contributed by atoms with Gasteiger partial charge >= 0.3 is 0 Å². The standard InChI is InChI=1S/C9H6ClN3O2S/c10-8-2-1-7(13(14)15)6(12-8)5-9-11-3-4-16-9/h1-4H,5H2. The van der Waals surface area contributed by atoms with E-state index in [1.54, 1.807) is 6.20 Å². The van der Waals surface area contributed by atoms with E-state index in [2.05, 4.69) is 9.97 Å². The lowest BCUT2D eigenvalue weighted by molar-refractivity contribution is -0.385. The minimum absolute atomic E-state index is 0.0281. The molecule has 0 bridgehead atoms. The molecule has 0 amide bonds. The first-order chi connectivity index (χ1) is 7.66. The third kappa shape index (κ3) is 2.34. The molecule has 5 nitrogen and oxygen atoms in total. The van der Waals surface area contributed by atoms with Crippen LogP contribution in [0, 0.1) is 10.1 Å². The van der Waals surface area contributed by atoms with Gasteiger partial charge in [-0.05, 0) is 6.07 Å². The zero-order valence-electron chi connectivity index (χ0n) is 7.96. The summed E-state index contributed by atoms with van der Waals surface area (Å²) in [4.78, 5) is 18.3. The lowest BCUT2D eigenvalue weighted by Gasteiger charge is -2.00. The summed E-state index contributed by atoms with van der Waals surface area (Å²) < 4.78 is 0. The third-order valence-electron chi connectivity index (χ3n) is 1.91. The number of halogens is 1. The number of pyridine rings is 1. The molecule has 0 atom stereocenters. The first-order valence-electron chi connectivity index (χ1n) is 4.35. The molecule has 0 unspecified atom stereocenters. The van der Waals surface area contributed by atoms with Gasteiger partial charge in [-0.1, -0.05) is 11.6 Å². The predicted octanol–water partition coefficient (Wildman–Crippen LogP) is 2.69. The molecule has 0 aromatic carbocycles. The van der Waals surface area contributed by atoms with Crippen LogP contribution in [-0.4, -0.2) is 14.9 Å². The molecule has 0 saturated carbocycles. The molecule has 2 aromatic rings. The van der Waals surface area contributed by atoms with Crippen LogP contribution < -0.4 is 0 Å². The summed E-state index contributed by atoms with van der Waals surface area (Å²) in [7, 11) is 0. The molecule has 16 heavy (non-hydrogen) atoms. The Morgan fingerprint density at radius 3 is 2.94 bits per heavy atom. The van der Waals surface area contributed by atoms with Crippen molar-refractivity contribution in [3.63, 3.8) is 0 Å². The number of aromatic nitrogens is 2. The molecule has 0 aliphatic rings. The summed E-state index contributed by atoms with van der Waals surface area (Å²) in [6.45, 7) is 0. The maximum Gasteiger partial charge on any atom is 0.291 e. The number of thiazole rings is 1. The highest BCUT2D eigenvalue weighted by atomic mass is 35.5. The van der Waals surface area contributed by atoms with Crippen molar-refractivity contribution in [1.29, 1.82) is 0 Å². The van der Waals surface area contributed by atoms with Crippen LogP contribution >= 0.6 is 22.9 Å². The van der Waals surface area contributed by atoms with Crippen molar-refractivity contribution < 1.29 is 4.92 Å². The number of rotatable bonds is 3. The predicted molar refractivity (Wildman–Crippen MR) is 60.8 cm³/mol. The minimum atomic E-state index is -0.466. The van der Waals surface area contributed by atoms with Crippen LogP contribution in [0.5, 0.6) is 0 Å². The van der Waals surface area contributed by atoms with Crippen molar-refractivity contribution in [2.24, 2.45) is 0 Å². The van der Waals surface area contributed by atoms with Gasteiger partial charge in [0.2, 0.25) is 0 Å². The van der Waals surface area contributed by atoms with Crippen molar-refractivity contribution in [1.82, 2.24) is 9.97 Å². The van der Waals surface area contributed by atoms with Gasteiger partial charge in [0.05, 0.1) is 9.93 Å². The first kappa shape index (κ1) is 11.0. The monoisotopic (exact) mass is 255 g/mol. The summed E-state index contributed by atoms with van der Waals surface area (Å²) in [6, 6.07) is 2.77. The third-order valence-corrected chi connectivity index (χ3v) is 2.91. The zero-order chi connectivity index (χ0) is 11.5. The topological polar surface area (TPSA) is 68.9 Å². The van der Waals surface area contributed by atoms with Gasteiger partial charge in [0.1, 0.15) is 10.8 Å². The highest BCUT2D eigenvalue weighted by molar-refractivity contribution is 7.09. The molecule has 2 rings (SSSR count). The van der Waals surface area contributed by atoms with Gasteiger partial charge in [0, 0.05) is 24.1 Å². The average Bonchev–Trinajstić information content (AvgIpc) is 2.70. The van der Waals surface area contributed by atoms with Crippen LogP contribution in [0.25, 0.3) is 0 Å². The molecule has 0 aliphatic carbocycles. The van der Waals surface area contributed by atoms with E-state index >= 15 is 0 Å². The second-order valence-electron chi connectivity index (χ2n) is 2.96. The summed E-state index contributed by atoms with van der Waals surface area (Å²) in [5, 5.41) is 13.6. The van der Waals surface area contributed by atoms with Gasteiger partial charge in [-0.3, -0.25) is 10.1 Å². The lowest BCUT2D eigenvalue weighted by Crippen LogP contribution is -1.99. The Balaban J connectivity index is 2.38. The van der Waals surface area contributed by atoms with Gasteiger partial charge in [0.15, 0.2) is 0 Å². The van der Waals surface area contributed by atoms with E-state index in [0.717, 1.165) is 5.01 Å². The van der Waals surface area contributed by atoms with E-state index in [4.69, 9.17) is 11.6 Å². The van der Waals surface area contributed by atoms with E-state index in [1.165, 1.54) is 23.5 Å². The maximum atomic E-state index is 10.8. The Morgan fingerprint density at radius 1 is 1.50 bits per heavy atom. The van der Waals surface area contributed by atoms with Crippen LogP contribution in [-0.2, 0) is 6.42 Å². The van der Waals surface area contributed by atoms with Gasteiger partial charge in [0.25, 0.3) is 5.69 Å². The lowest BCUT2D eigenvalue weighted by atomic mass is 10.2. The second kappa shape index (κ2) is 4.54. The Labute approximate surface area is 99.9 Å². The molecular formula is C9H6ClN3O2S. The molecule has 82 valence electrons. The largest absolute Gasteiger partial charge is 0.291 e. The van der Waals surface area contributed by atoms with Crippen LogP contribution in [0.2, 0.25) is 5.15 Å². The molecule has 0 aliphatic heterocycles. The van der Waals surface area contributed by atoms with Gasteiger partial charge < -0.3 is 0 Å². The Kier molecular flexibility index (Phi) is 3.12. The molecule has 0 N–H and O–H groups in total. The molecule has 0 saturated heterocycles. The molecule has 7 heteroatoms. The SMILES string of the molecule is O=[N+]([O-])c1ccc(Cl)nc1Cc1nccs1. The Bertz CT molecular complexity index is 515. The summed E-state index contributed by atoms with van der Waals surface area (Å²) in [6.07, 6.45) is 1.98. The summed E-state index contributed by atoms with van der Waals surface area (Å²) in [5.74, 6) is 0. The number of hydrogen-bond donors (Lipinski definition) is 0. The maximum absolute atomic E-state index is 10.8. The van der Waals surface area contributed by atoms with Crippen molar-refractivity contribution in [2.45, 2.75) is 6.42 Å². The fourth-order valence-corrected chi connectivity index (χ4v) is 2.03. The Hall–Kier alpha value is -1.53. The van der Waals surface area contributed by atoms with Gasteiger partial charge in [-0.25, -0.2) is 9.97 Å². The van der Waals surface area contributed by atoms with Gasteiger partial charge in [-0.15, -0.1) is 11.3 Å². The molecule has 2 heterocycles. The zero-order valence-corrected chi connectivity index (χ0v) is 9.53. The van der Waals surface area contributed by atoms with E-state index < -0.39 is 4.92 Å². The van der Waals surface area contributed by atoms with Crippen molar-refractivity contribution >= 4 is 28.6 Å². The first-order valence-corrected chi connectivity index (χ1v) is 5.61. The van der Waals surface area contributed by atoms with Crippen LogP contribution in [0.15, 0.2) is 23.7 Å². The normalized spacial score (nSPS) is 10.3. The average molecular weight is 256 g/mol.